The number of ether oxygens (including phenoxy) is 3. The molecule has 4 N–H and O–H groups in total. The molecule has 5 atom stereocenters. The second-order valence-electron chi connectivity index (χ2n) is 12.5. The van der Waals surface area contributed by atoms with Crippen molar-refractivity contribution in [3.05, 3.63) is 42.2 Å². The number of imidazole rings is 1. The molecule has 1 aromatic carbocycles. The van der Waals surface area contributed by atoms with Gasteiger partial charge in [-0.2, -0.15) is 9.97 Å². The maximum Gasteiger partial charge on any atom is 0.405 e. The van der Waals surface area contributed by atoms with Crippen LogP contribution in [-0.2, 0) is 39.2 Å². The van der Waals surface area contributed by atoms with Gasteiger partial charge in [-0.1, -0.05) is 55.9 Å². The van der Waals surface area contributed by atoms with Gasteiger partial charge in [0.2, 0.25) is 11.8 Å². The number of nitrogens with two attached hydrogens (primary N) is 1. The summed E-state index contributed by atoms with van der Waals surface area (Å²) in [6.45, 7) is 9.25. The molecule has 4 rings (SSSR count). The van der Waals surface area contributed by atoms with Gasteiger partial charge in [-0.3, -0.25) is 23.2 Å². The number of aliphatic hydroxyl groups is 1. The van der Waals surface area contributed by atoms with E-state index >= 15 is 4.39 Å². The minimum Gasteiger partial charge on any atom is -0.476 e. The van der Waals surface area contributed by atoms with Crippen LogP contribution in [0.1, 0.15) is 53.3 Å². The van der Waals surface area contributed by atoms with Gasteiger partial charge in [0.1, 0.15) is 18.8 Å². The van der Waals surface area contributed by atoms with Gasteiger partial charge in [-0.25, -0.2) is 19.0 Å². The van der Waals surface area contributed by atoms with Crippen LogP contribution in [0.15, 0.2) is 36.7 Å². The third kappa shape index (κ3) is 9.54. The van der Waals surface area contributed by atoms with Gasteiger partial charge in [0.25, 0.3) is 0 Å². The van der Waals surface area contributed by atoms with Crippen LogP contribution in [0.3, 0.4) is 0 Å². The molecular weight excluding hydrogens is 682 g/mol. The Morgan fingerprint density at radius 3 is 2.63 bits per heavy atom. The zero-order valence-electron chi connectivity index (χ0n) is 28.3. The molecule has 15 nitrogen and oxygen atoms in total. The molecule has 18 heteroatoms. The van der Waals surface area contributed by atoms with E-state index in [1.165, 1.54) is 10.9 Å². The first-order valence-electron chi connectivity index (χ1n) is 15.7. The number of nitrogens with zero attached hydrogens (tertiary/aromatic N) is 4. The number of halogens is 1. The van der Waals surface area contributed by atoms with Crippen LogP contribution in [0.5, 0.6) is 5.88 Å². The first-order chi connectivity index (χ1) is 23.1. The van der Waals surface area contributed by atoms with Crippen molar-refractivity contribution in [1.29, 1.82) is 0 Å². The number of thioether (sulfide) groups is 1. The van der Waals surface area contributed by atoms with E-state index in [9.17, 15) is 19.3 Å². The molecule has 2 aromatic heterocycles. The number of esters is 1. The number of carbonyl (C=O) groups is 2. The summed E-state index contributed by atoms with van der Waals surface area (Å²) in [7, 11) is -4.11. The monoisotopic (exact) mass is 726 g/mol. The number of fused-ring (bicyclic) bond motifs is 1. The van der Waals surface area contributed by atoms with Gasteiger partial charge < -0.3 is 25.1 Å². The van der Waals surface area contributed by atoms with Crippen LogP contribution in [0.2, 0.25) is 0 Å². The van der Waals surface area contributed by atoms with Crippen molar-refractivity contribution >= 4 is 47.7 Å². The van der Waals surface area contributed by atoms with Gasteiger partial charge in [0.05, 0.1) is 37.5 Å². The summed E-state index contributed by atoms with van der Waals surface area (Å²) in [5, 5.41) is 13.5. The maximum absolute atomic E-state index is 16.1. The smallest absolute Gasteiger partial charge is 0.405 e. The number of alkyl halides is 1. The van der Waals surface area contributed by atoms with Crippen molar-refractivity contribution in [2.24, 2.45) is 11.3 Å². The van der Waals surface area contributed by atoms with E-state index in [0.29, 0.717) is 0 Å². The second kappa shape index (κ2) is 16.2. The molecule has 0 radical (unpaired) electrons. The molecule has 3 heterocycles. The first-order valence-corrected chi connectivity index (χ1v) is 18.3. The summed E-state index contributed by atoms with van der Waals surface area (Å²) < 4.78 is 59.4. The van der Waals surface area contributed by atoms with Crippen molar-refractivity contribution in [2.45, 2.75) is 72.2 Å². The van der Waals surface area contributed by atoms with Crippen LogP contribution in [0, 0.1) is 11.3 Å². The predicted molar refractivity (Wildman–Crippen MR) is 180 cm³/mol. The largest absolute Gasteiger partial charge is 0.476 e. The Bertz CT molecular complexity index is 1640. The average Bonchev–Trinajstić information content (AvgIpc) is 3.57. The molecule has 1 aliphatic rings. The van der Waals surface area contributed by atoms with Gasteiger partial charge in [-0.15, -0.1) is 0 Å². The lowest BCUT2D eigenvalue weighted by atomic mass is 9.97. The summed E-state index contributed by atoms with van der Waals surface area (Å²) in [5.41, 5.74) is 3.66. The lowest BCUT2D eigenvalue weighted by Gasteiger charge is -2.25. The van der Waals surface area contributed by atoms with Crippen LogP contribution < -0.4 is 15.6 Å². The van der Waals surface area contributed by atoms with Crippen molar-refractivity contribution in [2.75, 3.05) is 37.9 Å². The highest BCUT2D eigenvalue weighted by Gasteiger charge is 2.56. The Balaban J connectivity index is 1.43. The predicted octanol–water partition coefficient (Wildman–Crippen LogP) is 4.21. The fourth-order valence-corrected chi connectivity index (χ4v) is 6.95. The number of anilines is 1. The van der Waals surface area contributed by atoms with Crippen molar-refractivity contribution in [1.82, 2.24) is 24.6 Å². The summed E-state index contributed by atoms with van der Waals surface area (Å²) in [6.07, 6.45) is -3.15. The molecule has 0 saturated carbocycles. The Labute approximate surface area is 288 Å². The van der Waals surface area contributed by atoms with E-state index in [0.717, 1.165) is 24.2 Å². The number of benzene rings is 1. The lowest BCUT2D eigenvalue weighted by Crippen LogP contribution is -2.40. The molecule has 3 aromatic rings. The van der Waals surface area contributed by atoms with Crippen molar-refractivity contribution in [3.8, 4) is 5.88 Å². The Hall–Kier alpha value is -3.18. The number of carbonyl (C=O) groups excluding carboxylic acids is 2. The standard InChI is InChI=1S/C31H44FN6O9PS/c1-7-43-25-22-24(36-29(33)37-25)38(18-34-22)27-31(6,32)23(39)21(47-27)16-46-48(42,35-15-20-11-9-8-10-12-20)45-13-14-49-28(41)30(4,5)17-44-26(40)19(2)3/h8-12,18-19,21,23,27,39H,7,13-17H2,1-6H3,(H,35,42)(H2,33,36,37). The van der Waals surface area contributed by atoms with E-state index in [2.05, 4.69) is 20.0 Å². The molecule has 0 amide bonds. The highest BCUT2D eigenvalue weighted by atomic mass is 32.2. The zero-order valence-corrected chi connectivity index (χ0v) is 30.0. The summed E-state index contributed by atoms with van der Waals surface area (Å²) in [6, 6.07) is 9.08. The Morgan fingerprint density at radius 1 is 1.24 bits per heavy atom. The molecule has 0 spiro atoms. The van der Waals surface area contributed by atoms with Crippen LogP contribution in [-0.4, -0.2) is 85.8 Å². The Kier molecular flexibility index (Phi) is 12.8. The summed E-state index contributed by atoms with van der Waals surface area (Å²) in [5.74, 6) is -0.629. The van der Waals surface area contributed by atoms with Crippen molar-refractivity contribution in [3.63, 3.8) is 0 Å². The van der Waals surface area contributed by atoms with E-state index < -0.39 is 49.8 Å². The number of nitrogens with one attached hydrogen (secondary N) is 1. The number of aromatic nitrogens is 4. The van der Waals surface area contributed by atoms with E-state index in [4.69, 9.17) is 29.0 Å². The maximum atomic E-state index is 16.1. The van der Waals surface area contributed by atoms with Crippen molar-refractivity contribution < 1.29 is 46.9 Å². The average molecular weight is 727 g/mol. The van der Waals surface area contributed by atoms with E-state index in [-0.39, 0.29) is 66.1 Å². The van der Waals surface area contributed by atoms with Gasteiger partial charge in [-0.05, 0) is 33.3 Å². The Morgan fingerprint density at radius 2 is 1.96 bits per heavy atom. The molecule has 0 aliphatic carbocycles. The lowest BCUT2D eigenvalue weighted by molar-refractivity contribution is -0.151. The topological polar surface area (TPSA) is 199 Å². The number of nitrogen functional groups attached to an aromatic ring is 1. The molecule has 49 heavy (non-hydrogen) atoms. The minimum absolute atomic E-state index is 0.0853. The molecule has 1 aliphatic heterocycles. The molecule has 1 saturated heterocycles. The number of hydrogen-bond acceptors (Lipinski definition) is 14. The van der Waals surface area contributed by atoms with Gasteiger partial charge >= 0.3 is 13.7 Å². The fraction of sp³-hybridized carbons (Fsp3) is 0.581. The number of aliphatic hydroxyl groups excluding tert-OH is 1. The van der Waals surface area contributed by atoms with E-state index in [1.807, 2.05) is 30.3 Å². The quantitative estimate of drug-likeness (QED) is 0.101. The highest BCUT2D eigenvalue weighted by molar-refractivity contribution is 8.13. The number of hydrogen-bond donors (Lipinski definition) is 3. The first kappa shape index (κ1) is 38.6. The normalized spacial score (nSPS) is 22.3. The molecular formula is C31H44FN6O9PS. The summed E-state index contributed by atoms with van der Waals surface area (Å²) in [4.78, 5) is 37.2. The number of rotatable bonds is 17. The third-order valence-electron chi connectivity index (χ3n) is 7.56. The molecule has 0 bridgehead atoms. The second-order valence-corrected chi connectivity index (χ2v) is 15.4. The third-order valence-corrected chi connectivity index (χ3v) is 10.3. The van der Waals surface area contributed by atoms with E-state index in [1.54, 1.807) is 34.6 Å². The molecule has 270 valence electrons. The van der Waals surface area contributed by atoms with Crippen LogP contribution >= 0.6 is 19.5 Å². The van der Waals surface area contributed by atoms with Crippen LogP contribution in [0.25, 0.3) is 11.2 Å². The van der Waals surface area contributed by atoms with Gasteiger partial charge in [0, 0.05) is 12.3 Å². The van der Waals surface area contributed by atoms with Gasteiger partial charge in [0.15, 0.2) is 28.2 Å². The minimum atomic E-state index is -4.11. The molecule has 1 fully saturated rings. The highest BCUT2D eigenvalue weighted by Crippen LogP contribution is 2.48. The molecule has 5 unspecified atom stereocenters. The fourth-order valence-electron chi connectivity index (χ4n) is 4.71. The summed E-state index contributed by atoms with van der Waals surface area (Å²) >= 11 is 0.936. The van der Waals surface area contributed by atoms with Crippen LogP contribution in [0.4, 0.5) is 10.3 Å². The SMILES string of the molecule is CCOc1nc(N)nc2c1ncn2C1OC(COP(=O)(NCc2ccccc2)OCCSC(=O)C(C)(C)COC(=O)C(C)C)C(O)C1(C)F. The zero-order chi connectivity index (χ0) is 36.0.